The van der Waals surface area contributed by atoms with Crippen LogP contribution in [0.2, 0.25) is 0 Å². The lowest BCUT2D eigenvalue weighted by Gasteiger charge is -2.16. The first-order valence-corrected chi connectivity index (χ1v) is 6.99. The third-order valence-electron chi connectivity index (χ3n) is 4.35. The summed E-state index contributed by atoms with van der Waals surface area (Å²) in [7, 11) is 1.95. The molecule has 2 atom stereocenters. The van der Waals surface area contributed by atoms with E-state index in [-0.39, 0.29) is 17.7 Å². The highest BCUT2D eigenvalue weighted by atomic mass is 16.3. The Morgan fingerprint density at radius 3 is 2.85 bits per heavy atom. The van der Waals surface area contributed by atoms with Crippen LogP contribution in [0.4, 0.5) is 0 Å². The van der Waals surface area contributed by atoms with Crippen molar-refractivity contribution < 1.29 is 14.5 Å². The highest BCUT2D eigenvalue weighted by molar-refractivity contribution is 6.00. The van der Waals surface area contributed by atoms with Crippen molar-refractivity contribution in [3.63, 3.8) is 0 Å². The Morgan fingerprint density at radius 1 is 1.40 bits per heavy atom. The molecule has 0 unspecified atom stereocenters. The monoisotopic (exact) mass is 271 g/mol. The number of aromatic nitrogens is 1. The van der Waals surface area contributed by atoms with Crippen molar-refractivity contribution in [2.45, 2.75) is 26.3 Å². The summed E-state index contributed by atoms with van der Waals surface area (Å²) in [6.45, 7) is 4.27. The summed E-state index contributed by atoms with van der Waals surface area (Å²) < 4.78 is 2.03. The van der Waals surface area contributed by atoms with Crippen LogP contribution in [0.25, 0.3) is 10.9 Å². The number of nitrogens with one attached hydrogen (secondary N) is 1. The number of nitrogens with zero attached hydrogens (tertiary/aromatic N) is 1. The Bertz CT molecular complexity index is 709. The zero-order valence-electron chi connectivity index (χ0n) is 12.0. The number of fused-ring (bicyclic) bond motifs is 2. The molecule has 1 aliphatic rings. The molecule has 0 radical (unpaired) electrons. The summed E-state index contributed by atoms with van der Waals surface area (Å²) in [6, 6.07) is 7.19. The predicted octanol–water partition coefficient (Wildman–Crippen LogP) is 2.20. The van der Waals surface area contributed by atoms with Crippen molar-refractivity contribution >= 4 is 16.8 Å². The summed E-state index contributed by atoms with van der Waals surface area (Å²) in [4.78, 5) is 12.2. The van der Waals surface area contributed by atoms with Crippen molar-refractivity contribution in [2.24, 2.45) is 13.0 Å². The van der Waals surface area contributed by atoms with Crippen molar-refractivity contribution in [3.8, 4) is 5.75 Å². The summed E-state index contributed by atoms with van der Waals surface area (Å²) in [5.74, 6) is 0.613. The average molecular weight is 271 g/mol. The molecule has 0 aliphatic carbocycles. The van der Waals surface area contributed by atoms with Crippen LogP contribution in [0.15, 0.2) is 24.3 Å². The molecule has 1 aromatic heterocycles. The zero-order chi connectivity index (χ0) is 14.4. The third kappa shape index (κ3) is 1.75. The predicted molar refractivity (Wildman–Crippen MR) is 76.5 cm³/mol. The van der Waals surface area contributed by atoms with Gasteiger partial charge in [-0.15, -0.1) is 0 Å². The van der Waals surface area contributed by atoms with E-state index in [2.05, 4.69) is 19.2 Å². The van der Waals surface area contributed by atoms with E-state index in [1.54, 1.807) is 12.1 Å². The van der Waals surface area contributed by atoms with Crippen molar-refractivity contribution in [2.75, 3.05) is 0 Å². The normalized spacial score (nSPS) is 18.9. The largest absolute Gasteiger partial charge is 0.508 e. The molecule has 3 rings (SSSR count). The third-order valence-corrected chi connectivity index (χ3v) is 4.35. The quantitative estimate of drug-likeness (QED) is 0.823. The molecule has 2 aromatic rings. The highest BCUT2D eigenvalue weighted by Crippen LogP contribution is 2.32. The van der Waals surface area contributed by atoms with Crippen LogP contribution in [-0.4, -0.2) is 11.0 Å². The Balaban J connectivity index is 2.29. The van der Waals surface area contributed by atoms with E-state index in [0.717, 1.165) is 28.6 Å². The number of carbonyl (C=O) groups is 1. The molecule has 0 spiro atoms. The number of aromatic hydroxyl groups is 1. The Morgan fingerprint density at radius 2 is 2.15 bits per heavy atom. The fraction of sp³-hybridized carbons (Fsp3) is 0.375. The first-order chi connectivity index (χ1) is 9.52. The SMILES string of the molecule is CC[C@@H](C)[C@H]1NC(=O)c2cc3ccc(O)cc3[n+](C)c21. The number of benzene rings is 1. The van der Waals surface area contributed by atoms with Crippen LogP contribution in [0.3, 0.4) is 0 Å². The maximum atomic E-state index is 12.2. The van der Waals surface area contributed by atoms with Crippen LogP contribution in [0.1, 0.15) is 42.4 Å². The fourth-order valence-electron chi connectivity index (χ4n) is 2.98. The van der Waals surface area contributed by atoms with Crippen molar-refractivity contribution in [1.82, 2.24) is 5.32 Å². The maximum absolute atomic E-state index is 12.2. The number of rotatable bonds is 2. The molecule has 2 heterocycles. The van der Waals surface area contributed by atoms with Gasteiger partial charge in [0.15, 0.2) is 0 Å². The van der Waals surface area contributed by atoms with Crippen molar-refractivity contribution in [1.29, 1.82) is 0 Å². The number of hydrogen-bond acceptors (Lipinski definition) is 2. The van der Waals surface area contributed by atoms with E-state index in [0.29, 0.717) is 5.92 Å². The smallest absolute Gasteiger partial charge is 0.258 e. The molecule has 0 fully saturated rings. The summed E-state index contributed by atoms with van der Waals surface area (Å²) in [5.41, 5.74) is 2.70. The first kappa shape index (κ1) is 12.9. The van der Waals surface area contributed by atoms with Crippen LogP contribution in [-0.2, 0) is 7.05 Å². The van der Waals surface area contributed by atoms with Crippen LogP contribution in [0.5, 0.6) is 5.75 Å². The van der Waals surface area contributed by atoms with Crippen molar-refractivity contribution in [3.05, 3.63) is 35.5 Å². The van der Waals surface area contributed by atoms with E-state index < -0.39 is 0 Å². The molecule has 1 aliphatic heterocycles. The molecule has 0 saturated carbocycles. The minimum absolute atomic E-state index is 0.00382. The molecule has 104 valence electrons. The molecule has 1 aromatic carbocycles. The second-order valence-electron chi connectivity index (χ2n) is 5.58. The lowest BCUT2D eigenvalue weighted by atomic mass is 9.95. The van der Waals surface area contributed by atoms with Gasteiger partial charge in [0.25, 0.3) is 5.91 Å². The van der Waals surface area contributed by atoms with E-state index in [1.165, 1.54) is 0 Å². The summed E-state index contributed by atoms with van der Waals surface area (Å²) >= 11 is 0. The van der Waals surface area contributed by atoms with Gasteiger partial charge in [-0.2, -0.15) is 4.57 Å². The van der Waals surface area contributed by atoms with Crippen LogP contribution < -0.4 is 9.88 Å². The molecular weight excluding hydrogens is 252 g/mol. The number of phenolic OH excluding ortho intramolecular Hbond substituents is 1. The van der Waals surface area contributed by atoms with Gasteiger partial charge in [0.2, 0.25) is 11.2 Å². The van der Waals surface area contributed by atoms with Gasteiger partial charge in [-0.3, -0.25) is 4.79 Å². The molecule has 2 N–H and O–H groups in total. The fourth-order valence-corrected chi connectivity index (χ4v) is 2.98. The van der Waals surface area contributed by atoms with Gasteiger partial charge < -0.3 is 10.4 Å². The summed E-state index contributed by atoms with van der Waals surface area (Å²) in [6.07, 6.45) is 1.00. The average Bonchev–Trinajstić information content (AvgIpc) is 2.77. The number of aryl methyl sites for hydroxylation is 1. The molecule has 4 nitrogen and oxygen atoms in total. The van der Waals surface area contributed by atoms with E-state index in [9.17, 15) is 9.90 Å². The molecule has 0 bridgehead atoms. The molecule has 4 heteroatoms. The number of amides is 1. The maximum Gasteiger partial charge on any atom is 0.258 e. The van der Waals surface area contributed by atoms with Gasteiger partial charge >= 0.3 is 0 Å². The minimum Gasteiger partial charge on any atom is -0.508 e. The topological polar surface area (TPSA) is 53.2 Å². The first-order valence-electron chi connectivity index (χ1n) is 6.99. The zero-order valence-corrected chi connectivity index (χ0v) is 12.0. The molecule has 1 amide bonds. The van der Waals surface area contributed by atoms with Crippen LogP contribution in [0, 0.1) is 5.92 Å². The van der Waals surface area contributed by atoms with Crippen LogP contribution >= 0.6 is 0 Å². The van der Waals surface area contributed by atoms with Gasteiger partial charge in [-0.25, -0.2) is 0 Å². The van der Waals surface area contributed by atoms with Gasteiger partial charge in [-0.05, 0) is 24.1 Å². The minimum atomic E-state index is -0.00382. The Kier molecular flexibility index (Phi) is 2.89. The Hall–Kier alpha value is -2.10. The van der Waals surface area contributed by atoms with Gasteiger partial charge in [-0.1, -0.05) is 20.3 Å². The standard InChI is InChI=1S/C16H18N2O2/c1-4-9(2)14-15-12(16(20)17-14)7-10-5-6-11(19)8-13(10)18(15)3/h5-9,14H,4H2,1-3H3,(H,17,20)/p+1/t9-,14-/m1/s1. The number of pyridine rings is 1. The number of phenols is 1. The second-order valence-corrected chi connectivity index (χ2v) is 5.58. The second kappa shape index (κ2) is 4.47. The number of hydrogen-bond donors (Lipinski definition) is 2. The van der Waals surface area contributed by atoms with E-state index in [4.69, 9.17) is 0 Å². The summed E-state index contributed by atoms with van der Waals surface area (Å²) in [5, 5.41) is 13.7. The van der Waals surface area contributed by atoms with E-state index in [1.807, 2.05) is 23.7 Å². The lowest BCUT2D eigenvalue weighted by Crippen LogP contribution is -2.38. The van der Waals surface area contributed by atoms with Gasteiger partial charge in [0.1, 0.15) is 24.4 Å². The van der Waals surface area contributed by atoms with E-state index >= 15 is 0 Å². The molecular formula is C16H19N2O2+. The van der Waals surface area contributed by atoms with Gasteiger partial charge in [0.05, 0.1) is 6.07 Å². The highest BCUT2D eigenvalue weighted by Gasteiger charge is 2.39. The Labute approximate surface area is 118 Å². The molecule has 0 saturated heterocycles. The van der Waals surface area contributed by atoms with Gasteiger partial charge in [0, 0.05) is 5.39 Å². The lowest BCUT2D eigenvalue weighted by molar-refractivity contribution is -0.654. The number of carbonyl (C=O) groups excluding carboxylic acids is 1. The molecule has 20 heavy (non-hydrogen) atoms.